The molecular formula is C11H22B. The zero-order valence-electron chi connectivity index (χ0n) is 9.01. The number of rotatable bonds is 3. The van der Waals surface area contributed by atoms with E-state index in [1.807, 2.05) is 0 Å². The molecule has 0 N–H and O–H groups in total. The molecule has 0 bridgehead atoms. The summed E-state index contributed by atoms with van der Waals surface area (Å²) in [5.41, 5.74) is 0. The van der Waals surface area contributed by atoms with E-state index in [1.165, 1.54) is 19.3 Å². The van der Waals surface area contributed by atoms with Gasteiger partial charge in [-0.05, 0) is 11.8 Å². The van der Waals surface area contributed by atoms with E-state index in [-0.39, 0.29) is 0 Å². The molecule has 0 aromatic carbocycles. The SMILES string of the molecule is CCC(C)[B]C1CCC(C)C1C. The van der Waals surface area contributed by atoms with Crippen molar-refractivity contribution in [3.63, 3.8) is 0 Å². The predicted octanol–water partition coefficient (Wildman–Crippen LogP) is 3.76. The zero-order chi connectivity index (χ0) is 9.14. The first-order chi connectivity index (χ1) is 5.65. The summed E-state index contributed by atoms with van der Waals surface area (Å²) in [5, 5.41) is 0. The van der Waals surface area contributed by atoms with Crippen LogP contribution in [0.4, 0.5) is 0 Å². The first-order valence-electron chi connectivity index (χ1n) is 5.50. The standard InChI is InChI=1S/C11H22B/c1-5-9(3)12-11-7-6-8(2)10(11)4/h8-11H,5-7H2,1-4H3. The van der Waals surface area contributed by atoms with Crippen LogP contribution in [-0.2, 0) is 0 Å². The summed E-state index contributed by atoms with van der Waals surface area (Å²) in [7, 11) is 2.59. The van der Waals surface area contributed by atoms with Crippen LogP contribution in [0.25, 0.3) is 0 Å². The zero-order valence-corrected chi connectivity index (χ0v) is 9.01. The van der Waals surface area contributed by atoms with Crippen LogP contribution >= 0.6 is 0 Å². The van der Waals surface area contributed by atoms with Gasteiger partial charge in [-0.15, -0.1) is 0 Å². The third-order valence-corrected chi connectivity index (χ3v) is 3.75. The lowest BCUT2D eigenvalue weighted by Crippen LogP contribution is -2.13. The molecule has 1 aliphatic rings. The minimum Gasteiger partial charge on any atom is -0.0716 e. The second-order valence-electron chi connectivity index (χ2n) is 4.66. The van der Waals surface area contributed by atoms with Gasteiger partial charge in [-0.1, -0.05) is 58.6 Å². The van der Waals surface area contributed by atoms with E-state index in [0.717, 1.165) is 23.5 Å². The molecule has 0 heterocycles. The van der Waals surface area contributed by atoms with Crippen LogP contribution in [0.2, 0.25) is 11.6 Å². The van der Waals surface area contributed by atoms with E-state index in [9.17, 15) is 0 Å². The Balaban J connectivity index is 2.33. The molecule has 0 nitrogen and oxygen atoms in total. The Bertz CT molecular complexity index is 133. The molecule has 1 heteroatoms. The van der Waals surface area contributed by atoms with Crippen molar-refractivity contribution in [1.82, 2.24) is 0 Å². The number of hydrogen-bond donors (Lipinski definition) is 0. The molecule has 4 atom stereocenters. The van der Waals surface area contributed by atoms with Gasteiger partial charge in [0.1, 0.15) is 7.28 Å². The van der Waals surface area contributed by atoms with Crippen molar-refractivity contribution >= 4 is 7.28 Å². The van der Waals surface area contributed by atoms with Crippen molar-refractivity contribution in [2.45, 2.75) is 58.6 Å². The molecule has 1 radical (unpaired) electrons. The van der Waals surface area contributed by atoms with Gasteiger partial charge in [-0.3, -0.25) is 0 Å². The molecule has 1 rings (SSSR count). The molecule has 1 saturated carbocycles. The Morgan fingerprint density at radius 2 is 2.00 bits per heavy atom. The monoisotopic (exact) mass is 165 g/mol. The summed E-state index contributed by atoms with van der Waals surface area (Å²) < 4.78 is 0. The Hall–Kier alpha value is 0.0649. The van der Waals surface area contributed by atoms with Gasteiger partial charge in [0.2, 0.25) is 0 Å². The second-order valence-corrected chi connectivity index (χ2v) is 4.66. The predicted molar refractivity (Wildman–Crippen MR) is 56.8 cm³/mol. The van der Waals surface area contributed by atoms with E-state index >= 15 is 0 Å². The second kappa shape index (κ2) is 4.34. The van der Waals surface area contributed by atoms with Crippen LogP contribution in [0.3, 0.4) is 0 Å². The molecule has 0 aromatic heterocycles. The summed E-state index contributed by atoms with van der Waals surface area (Å²) >= 11 is 0. The average molecular weight is 165 g/mol. The fourth-order valence-corrected chi connectivity index (χ4v) is 2.23. The lowest BCUT2D eigenvalue weighted by atomic mass is 9.52. The fourth-order valence-electron chi connectivity index (χ4n) is 2.23. The minimum atomic E-state index is 0.822. The van der Waals surface area contributed by atoms with Crippen molar-refractivity contribution in [3.05, 3.63) is 0 Å². The van der Waals surface area contributed by atoms with E-state index in [4.69, 9.17) is 0 Å². The minimum absolute atomic E-state index is 0.822. The maximum absolute atomic E-state index is 2.59. The molecule has 69 valence electrons. The van der Waals surface area contributed by atoms with Crippen molar-refractivity contribution in [3.8, 4) is 0 Å². The molecule has 12 heavy (non-hydrogen) atoms. The van der Waals surface area contributed by atoms with E-state index < -0.39 is 0 Å². The van der Waals surface area contributed by atoms with Gasteiger partial charge in [-0.25, -0.2) is 0 Å². The van der Waals surface area contributed by atoms with Gasteiger partial charge < -0.3 is 0 Å². The largest absolute Gasteiger partial charge is 0.117 e. The first kappa shape index (κ1) is 10.1. The van der Waals surface area contributed by atoms with Crippen LogP contribution in [0.15, 0.2) is 0 Å². The Labute approximate surface area is 78.4 Å². The van der Waals surface area contributed by atoms with Gasteiger partial charge in [0.25, 0.3) is 0 Å². The maximum Gasteiger partial charge on any atom is 0.117 e. The summed E-state index contributed by atoms with van der Waals surface area (Å²) in [4.78, 5) is 0. The van der Waals surface area contributed by atoms with Crippen molar-refractivity contribution < 1.29 is 0 Å². The third kappa shape index (κ3) is 2.28. The van der Waals surface area contributed by atoms with Crippen molar-refractivity contribution in [2.75, 3.05) is 0 Å². The van der Waals surface area contributed by atoms with Crippen LogP contribution in [0.1, 0.15) is 47.0 Å². The number of hydrogen-bond acceptors (Lipinski definition) is 0. The Kier molecular flexibility index (Phi) is 3.67. The van der Waals surface area contributed by atoms with E-state index in [2.05, 4.69) is 35.0 Å². The fraction of sp³-hybridized carbons (Fsp3) is 1.00. The smallest absolute Gasteiger partial charge is 0.0716 e. The van der Waals surface area contributed by atoms with Gasteiger partial charge >= 0.3 is 0 Å². The third-order valence-electron chi connectivity index (χ3n) is 3.75. The topological polar surface area (TPSA) is 0 Å². The first-order valence-corrected chi connectivity index (χ1v) is 5.50. The molecule has 4 unspecified atom stereocenters. The normalized spacial score (nSPS) is 38.2. The van der Waals surface area contributed by atoms with E-state index in [0.29, 0.717) is 0 Å². The van der Waals surface area contributed by atoms with Crippen molar-refractivity contribution in [1.29, 1.82) is 0 Å². The highest BCUT2D eigenvalue weighted by atomic mass is 14.3. The lowest BCUT2D eigenvalue weighted by Gasteiger charge is -2.19. The molecule has 1 fully saturated rings. The summed E-state index contributed by atoms with van der Waals surface area (Å²) in [6.45, 7) is 9.44. The highest BCUT2D eigenvalue weighted by Crippen LogP contribution is 2.41. The molecule has 0 aliphatic heterocycles. The molecule has 0 aromatic rings. The van der Waals surface area contributed by atoms with Crippen LogP contribution in [-0.4, -0.2) is 7.28 Å². The van der Waals surface area contributed by atoms with E-state index in [1.54, 1.807) is 0 Å². The summed E-state index contributed by atoms with van der Waals surface area (Å²) in [6, 6.07) is 0. The van der Waals surface area contributed by atoms with Crippen molar-refractivity contribution in [2.24, 2.45) is 11.8 Å². The van der Waals surface area contributed by atoms with Gasteiger partial charge in [0.05, 0.1) is 0 Å². The van der Waals surface area contributed by atoms with Crippen LogP contribution in [0.5, 0.6) is 0 Å². The molecule has 1 aliphatic carbocycles. The molecule has 0 amide bonds. The van der Waals surface area contributed by atoms with Gasteiger partial charge in [0, 0.05) is 0 Å². The highest BCUT2D eigenvalue weighted by Gasteiger charge is 2.30. The molecule has 0 saturated heterocycles. The summed E-state index contributed by atoms with van der Waals surface area (Å²) in [6.07, 6.45) is 4.18. The quantitative estimate of drug-likeness (QED) is 0.558. The molecule has 0 spiro atoms. The maximum atomic E-state index is 2.59. The molecular weight excluding hydrogens is 143 g/mol. The van der Waals surface area contributed by atoms with Gasteiger partial charge in [0.15, 0.2) is 0 Å². The average Bonchev–Trinajstić information content (AvgIpc) is 2.36. The lowest BCUT2D eigenvalue weighted by molar-refractivity contribution is 0.454. The Morgan fingerprint density at radius 1 is 1.33 bits per heavy atom. The van der Waals surface area contributed by atoms with Crippen LogP contribution in [0, 0.1) is 11.8 Å². The Morgan fingerprint density at radius 3 is 2.42 bits per heavy atom. The summed E-state index contributed by atoms with van der Waals surface area (Å²) in [5.74, 6) is 3.62. The highest BCUT2D eigenvalue weighted by molar-refractivity contribution is 6.39. The van der Waals surface area contributed by atoms with Crippen LogP contribution < -0.4 is 0 Å². The van der Waals surface area contributed by atoms with Gasteiger partial charge in [-0.2, -0.15) is 0 Å².